The number of hydrogen-bond donors (Lipinski definition) is 0. The van der Waals surface area contributed by atoms with E-state index in [0.29, 0.717) is 0 Å². The van der Waals surface area contributed by atoms with Crippen LogP contribution in [0.4, 0.5) is 0 Å². The van der Waals surface area contributed by atoms with Gasteiger partial charge >= 0.3 is 0 Å². The predicted molar refractivity (Wildman–Crippen MR) is 182 cm³/mol. The van der Waals surface area contributed by atoms with Crippen LogP contribution in [0.25, 0.3) is 28.9 Å². The molecule has 3 aromatic carbocycles. The van der Waals surface area contributed by atoms with Gasteiger partial charge in [-0.05, 0) is 97.0 Å². The third-order valence-electron chi connectivity index (χ3n) is 9.22. The van der Waals surface area contributed by atoms with E-state index < -0.39 is 0 Å². The molecule has 0 N–H and O–H groups in total. The number of allylic oxidation sites excluding steroid dienone is 15. The average molecular weight is 550 g/mol. The Balaban J connectivity index is 0.000000171. The molecule has 0 nitrogen and oxygen atoms in total. The van der Waals surface area contributed by atoms with Crippen LogP contribution in [0.1, 0.15) is 33.4 Å². The van der Waals surface area contributed by atoms with Gasteiger partial charge in [0.25, 0.3) is 0 Å². The highest BCUT2D eigenvalue weighted by Crippen LogP contribution is 2.62. The van der Waals surface area contributed by atoms with Gasteiger partial charge in [-0.25, -0.2) is 0 Å². The molecule has 3 aromatic rings. The molecule has 1 atom stereocenters. The molecule has 1 heterocycles. The SMILES string of the molecule is C1=C[Si]=C2Cc3ccccc3C2=C1.C=CC1=C(C=C)C2(C=CC=C3C2=Cc2ccccc23)C2=Cc3ccccc3C2=C1. The van der Waals surface area contributed by atoms with Gasteiger partial charge in [0, 0.05) is 0 Å². The average Bonchev–Trinajstić information content (AvgIpc) is 3.73. The quantitative estimate of drug-likeness (QED) is 0.280. The van der Waals surface area contributed by atoms with Crippen LogP contribution in [-0.4, -0.2) is 14.3 Å². The second kappa shape index (κ2) is 9.62. The Morgan fingerprint density at radius 2 is 1.29 bits per heavy atom. The van der Waals surface area contributed by atoms with Gasteiger partial charge in [0.1, 0.15) is 0 Å². The number of rotatable bonds is 2. The van der Waals surface area contributed by atoms with Gasteiger partial charge in [0.15, 0.2) is 0 Å². The fourth-order valence-electron chi connectivity index (χ4n) is 7.38. The first-order valence-electron chi connectivity index (χ1n) is 14.6. The highest BCUT2D eigenvalue weighted by molar-refractivity contribution is 6.69. The second-order valence-electron chi connectivity index (χ2n) is 11.3. The predicted octanol–water partition coefficient (Wildman–Crippen LogP) is 9.22. The molecule has 6 aliphatic rings. The molecule has 1 radical (unpaired) electrons. The lowest BCUT2D eigenvalue weighted by atomic mass is 9.60. The molecule has 0 amide bonds. The minimum atomic E-state index is -0.350. The molecule has 0 aromatic heterocycles. The van der Waals surface area contributed by atoms with Crippen molar-refractivity contribution in [3.8, 4) is 0 Å². The Bertz CT molecular complexity index is 2010. The zero-order valence-corrected chi connectivity index (χ0v) is 24.4. The molecule has 0 bridgehead atoms. The van der Waals surface area contributed by atoms with E-state index in [2.05, 4.69) is 140 Å². The Hall–Kier alpha value is -4.85. The molecule has 0 saturated heterocycles. The van der Waals surface area contributed by atoms with Gasteiger partial charge in [-0.15, -0.1) is 0 Å². The highest BCUT2D eigenvalue weighted by Gasteiger charge is 2.48. The lowest BCUT2D eigenvalue weighted by Crippen LogP contribution is -2.29. The first-order chi connectivity index (χ1) is 20.7. The fourth-order valence-corrected chi connectivity index (χ4v) is 8.44. The summed E-state index contributed by atoms with van der Waals surface area (Å²) in [4.78, 5) is 0. The number of hydrogen-bond acceptors (Lipinski definition) is 0. The minimum absolute atomic E-state index is 0.350. The van der Waals surface area contributed by atoms with Crippen molar-refractivity contribution in [2.45, 2.75) is 6.42 Å². The molecule has 9 rings (SSSR count). The first-order valence-corrected chi connectivity index (χ1v) is 15.6. The van der Waals surface area contributed by atoms with Crippen LogP contribution in [0, 0.1) is 5.41 Å². The van der Waals surface area contributed by atoms with Crippen molar-refractivity contribution in [1.82, 2.24) is 0 Å². The summed E-state index contributed by atoms with van der Waals surface area (Å²) < 4.78 is 0. The van der Waals surface area contributed by atoms with Gasteiger partial charge < -0.3 is 0 Å². The van der Waals surface area contributed by atoms with Crippen LogP contribution in [0.3, 0.4) is 0 Å². The maximum Gasteiger partial charge on any atom is 0.0653 e. The van der Waals surface area contributed by atoms with E-state index in [1.54, 1.807) is 5.17 Å². The molecule has 1 aliphatic heterocycles. The maximum atomic E-state index is 4.22. The van der Waals surface area contributed by atoms with Crippen LogP contribution in [0.5, 0.6) is 0 Å². The maximum absolute atomic E-state index is 4.22. The zero-order chi connectivity index (χ0) is 28.3. The second-order valence-corrected chi connectivity index (χ2v) is 12.5. The molecular weight excluding hydrogens is 521 g/mol. The molecule has 42 heavy (non-hydrogen) atoms. The number of fused-ring (bicyclic) bond motifs is 11. The van der Waals surface area contributed by atoms with Crippen molar-refractivity contribution in [3.05, 3.63) is 196 Å². The van der Waals surface area contributed by atoms with Crippen molar-refractivity contribution in [3.63, 3.8) is 0 Å². The van der Waals surface area contributed by atoms with Crippen LogP contribution >= 0.6 is 0 Å². The van der Waals surface area contributed by atoms with Crippen molar-refractivity contribution in [2.75, 3.05) is 0 Å². The molecule has 1 spiro atoms. The van der Waals surface area contributed by atoms with Crippen molar-refractivity contribution >= 4 is 43.2 Å². The smallest absolute Gasteiger partial charge is 0.0653 e. The molecule has 0 fully saturated rings. The summed E-state index contributed by atoms with van der Waals surface area (Å²) in [5, 5.41) is 1.61. The van der Waals surface area contributed by atoms with E-state index >= 15 is 0 Å². The normalized spacial score (nSPS) is 21.1. The standard InChI is InChI=1S/C29H20.C12H9Si/c1-3-19-16-25-23-13-8-6-11-21(23)18-28(25)29(26(19)4-2)15-9-14-24-22-12-7-5-10-20(22)17-27(24)29;1-2-5-10-9(4-1)8-12-11(10)6-3-7-13-12/h3-18H,1-2H2;1-7H,8H2. The summed E-state index contributed by atoms with van der Waals surface area (Å²) >= 11 is 0. The fraction of sp³-hybridized carbons (Fsp3) is 0.0488. The minimum Gasteiger partial charge on any atom is -0.0987 e. The Kier molecular flexibility index (Phi) is 5.70. The molecular formula is C41H29Si. The van der Waals surface area contributed by atoms with E-state index in [-0.39, 0.29) is 5.41 Å². The zero-order valence-electron chi connectivity index (χ0n) is 23.4. The van der Waals surface area contributed by atoms with E-state index in [1.807, 2.05) is 12.2 Å². The monoisotopic (exact) mass is 549 g/mol. The van der Waals surface area contributed by atoms with Crippen LogP contribution in [0.2, 0.25) is 0 Å². The molecule has 1 unspecified atom stereocenters. The lowest BCUT2D eigenvalue weighted by Gasteiger charge is -2.42. The summed E-state index contributed by atoms with van der Waals surface area (Å²) in [5.74, 6) is 0. The van der Waals surface area contributed by atoms with Crippen molar-refractivity contribution in [2.24, 2.45) is 5.41 Å². The topological polar surface area (TPSA) is 0 Å². The van der Waals surface area contributed by atoms with E-state index in [9.17, 15) is 0 Å². The largest absolute Gasteiger partial charge is 0.0987 e. The van der Waals surface area contributed by atoms with Crippen LogP contribution in [0.15, 0.2) is 163 Å². The third kappa shape index (κ3) is 3.50. The van der Waals surface area contributed by atoms with Crippen LogP contribution < -0.4 is 0 Å². The summed E-state index contributed by atoms with van der Waals surface area (Å²) in [7, 11) is 0.900. The van der Waals surface area contributed by atoms with Crippen molar-refractivity contribution < 1.29 is 0 Å². The van der Waals surface area contributed by atoms with Gasteiger partial charge in [0.2, 0.25) is 0 Å². The Labute approximate surface area is 250 Å². The summed E-state index contributed by atoms with van der Waals surface area (Å²) in [6.07, 6.45) is 23.4. The van der Waals surface area contributed by atoms with Gasteiger partial charge in [-0.1, -0.05) is 139 Å². The van der Waals surface area contributed by atoms with Crippen LogP contribution in [-0.2, 0) is 6.42 Å². The van der Waals surface area contributed by atoms with Gasteiger partial charge in [-0.3, -0.25) is 0 Å². The summed E-state index contributed by atoms with van der Waals surface area (Å²) in [5.41, 5.74) is 19.1. The van der Waals surface area contributed by atoms with E-state index in [0.717, 1.165) is 14.7 Å². The first kappa shape index (κ1) is 24.9. The molecule has 0 saturated carbocycles. The molecule has 197 valence electrons. The molecule has 5 aliphatic carbocycles. The summed E-state index contributed by atoms with van der Waals surface area (Å²) in [6, 6.07) is 26.1. The third-order valence-corrected chi connectivity index (χ3v) is 10.4. The molecule has 1 heteroatoms. The number of benzene rings is 3. The van der Waals surface area contributed by atoms with Crippen molar-refractivity contribution in [1.29, 1.82) is 0 Å². The van der Waals surface area contributed by atoms with Gasteiger partial charge in [-0.2, -0.15) is 0 Å². The lowest BCUT2D eigenvalue weighted by molar-refractivity contribution is 0.711. The highest BCUT2D eigenvalue weighted by atomic mass is 28.2. The Morgan fingerprint density at radius 1 is 0.643 bits per heavy atom. The summed E-state index contributed by atoms with van der Waals surface area (Å²) in [6.45, 7) is 8.34. The van der Waals surface area contributed by atoms with Gasteiger partial charge in [0.05, 0.1) is 14.5 Å². The van der Waals surface area contributed by atoms with E-state index in [4.69, 9.17) is 0 Å². The van der Waals surface area contributed by atoms with E-state index in [1.165, 1.54) is 73.2 Å². The Morgan fingerprint density at radius 3 is 2.02 bits per heavy atom.